The summed E-state index contributed by atoms with van der Waals surface area (Å²) < 4.78 is 16.7. The van der Waals surface area contributed by atoms with Crippen LogP contribution in [0.25, 0.3) is 10.4 Å². The van der Waals surface area contributed by atoms with Gasteiger partial charge in [-0.1, -0.05) is 25.5 Å². The topological polar surface area (TPSA) is 128 Å². The van der Waals surface area contributed by atoms with Crippen molar-refractivity contribution >= 4 is 17.9 Å². The van der Waals surface area contributed by atoms with E-state index in [2.05, 4.69) is 30.5 Å². The molecule has 9 nitrogen and oxygen atoms in total. The van der Waals surface area contributed by atoms with Gasteiger partial charge in [0.25, 0.3) is 0 Å². The van der Waals surface area contributed by atoms with Gasteiger partial charge in [0.1, 0.15) is 12.2 Å². The second-order valence-electron chi connectivity index (χ2n) is 11.1. The second-order valence-corrected chi connectivity index (χ2v) is 11.1. The van der Waals surface area contributed by atoms with E-state index in [0.717, 1.165) is 31.3 Å². The van der Waals surface area contributed by atoms with Crippen molar-refractivity contribution in [1.82, 2.24) is 0 Å². The molecule has 0 aromatic carbocycles. The number of carbonyl (C=O) groups is 3. The highest BCUT2D eigenvalue weighted by Gasteiger charge is 2.59. The molecule has 0 unspecified atom stereocenters. The molecule has 3 aliphatic carbocycles. The van der Waals surface area contributed by atoms with Gasteiger partial charge in [-0.3, -0.25) is 14.4 Å². The van der Waals surface area contributed by atoms with E-state index in [1.54, 1.807) is 0 Å². The minimum Gasteiger partial charge on any atom is -0.466 e. The molecule has 0 N–H and O–H groups in total. The lowest BCUT2D eigenvalue weighted by atomic mass is 9.49. The normalized spacial score (nSPS) is 38.6. The summed E-state index contributed by atoms with van der Waals surface area (Å²) in [5.74, 6) is -0.535. The molecule has 3 aliphatic rings. The predicted molar refractivity (Wildman–Crippen MR) is 129 cm³/mol. The number of hydrogen-bond acceptors (Lipinski definition) is 7. The van der Waals surface area contributed by atoms with Gasteiger partial charge in [0, 0.05) is 38.1 Å². The van der Waals surface area contributed by atoms with Crippen LogP contribution in [0.3, 0.4) is 0 Å². The Bertz CT molecular complexity index is 915. The van der Waals surface area contributed by atoms with Crippen molar-refractivity contribution in [2.75, 3.05) is 13.2 Å². The predicted octanol–water partition coefficient (Wildman–Crippen LogP) is 5.14. The molecule has 0 aromatic heterocycles. The number of nitrogens with zero attached hydrogens (tertiary/aromatic N) is 3. The molecule has 0 saturated heterocycles. The molecule has 0 heterocycles. The molecule has 0 amide bonds. The van der Waals surface area contributed by atoms with Crippen molar-refractivity contribution in [3.8, 4) is 0 Å². The molecule has 0 radical (unpaired) electrons. The van der Waals surface area contributed by atoms with Gasteiger partial charge < -0.3 is 14.2 Å². The van der Waals surface area contributed by atoms with Crippen LogP contribution in [0.2, 0.25) is 0 Å². The molecule has 3 fully saturated rings. The van der Waals surface area contributed by atoms with Gasteiger partial charge in [-0.25, -0.2) is 0 Å². The quantitative estimate of drug-likeness (QED) is 0.122. The van der Waals surface area contributed by atoms with E-state index in [0.29, 0.717) is 19.4 Å². The van der Waals surface area contributed by atoms with Gasteiger partial charge in [0.05, 0.1) is 6.61 Å². The summed E-state index contributed by atoms with van der Waals surface area (Å²) in [6.07, 6.45) is 4.10. The smallest absolute Gasteiger partial charge is 0.303 e. The average molecular weight is 490 g/mol. The molecular formula is C26H39N3O6. The highest BCUT2D eigenvalue weighted by molar-refractivity contribution is 5.67. The Kier molecular flexibility index (Phi) is 8.20. The Morgan fingerprint density at radius 1 is 1.03 bits per heavy atom. The van der Waals surface area contributed by atoms with E-state index in [1.807, 2.05) is 0 Å². The van der Waals surface area contributed by atoms with Crippen LogP contribution in [0.4, 0.5) is 0 Å². The molecule has 3 rings (SSSR count). The maximum absolute atomic E-state index is 11.7. The van der Waals surface area contributed by atoms with Crippen LogP contribution in [-0.2, 0) is 28.6 Å². The molecule has 9 heteroatoms. The van der Waals surface area contributed by atoms with Crippen LogP contribution in [0.15, 0.2) is 17.3 Å². The first-order valence-electron chi connectivity index (χ1n) is 12.6. The van der Waals surface area contributed by atoms with Crippen LogP contribution < -0.4 is 0 Å². The summed E-state index contributed by atoms with van der Waals surface area (Å²) in [5, 5.41) is 4.02. The lowest BCUT2D eigenvalue weighted by Gasteiger charge is -2.56. The van der Waals surface area contributed by atoms with E-state index >= 15 is 0 Å². The summed E-state index contributed by atoms with van der Waals surface area (Å²) in [6, 6.07) is 0. The Morgan fingerprint density at radius 2 is 1.71 bits per heavy atom. The van der Waals surface area contributed by atoms with Gasteiger partial charge in [0.2, 0.25) is 0 Å². The second kappa shape index (κ2) is 10.6. The van der Waals surface area contributed by atoms with Crippen LogP contribution in [-0.4, -0.2) is 43.3 Å². The Morgan fingerprint density at radius 3 is 2.31 bits per heavy atom. The minimum atomic E-state index is -0.334. The zero-order valence-corrected chi connectivity index (χ0v) is 21.6. The summed E-state index contributed by atoms with van der Waals surface area (Å²) in [5.41, 5.74) is 9.70. The van der Waals surface area contributed by atoms with E-state index in [4.69, 9.17) is 19.7 Å². The van der Waals surface area contributed by atoms with E-state index < -0.39 is 0 Å². The van der Waals surface area contributed by atoms with Crippen molar-refractivity contribution in [3.05, 3.63) is 22.6 Å². The molecule has 0 aliphatic heterocycles. The largest absolute Gasteiger partial charge is 0.466 e. The fraction of sp³-hybridized carbons (Fsp3) is 0.808. The van der Waals surface area contributed by atoms with Gasteiger partial charge in [0.15, 0.2) is 0 Å². The van der Waals surface area contributed by atoms with Crippen LogP contribution in [0, 0.1) is 34.5 Å². The maximum atomic E-state index is 11.7. The summed E-state index contributed by atoms with van der Waals surface area (Å²) in [7, 11) is 0. The standard InChI is InChI=1S/C26H39N3O6/c1-15-24(35-18(4)32)12-23-21(13-28-29-27)22(8-10-25(15,23)5)26(6)9-7-20(34-17(3)31)11-19(26)14-33-16(2)30/h19-24H,1,7-14H2,2-6H3/t19-,20+,21-,22+,23+,24+,25-,26+/m1/s1. The Hall–Kier alpha value is -2.54. The number of hydrogen-bond donors (Lipinski definition) is 0. The van der Waals surface area contributed by atoms with E-state index in [9.17, 15) is 14.4 Å². The number of carbonyl (C=O) groups excluding carboxylic acids is 3. The minimum absolute atomic E-state index is 0.00120. The van der Waals surface area contributed by atoms with Crippen LogP contribution in [0.1, 0.15) is 73.1 Å². The van der Waals surface area contributed by atoms with Gasteiger partial charge in [-0.2, -0.15) is 0 Å². The molecule has 0 aromatic rings. The van der Waals surface area contributed by atoms with Crippen molar-refractivity contribution in [2.24, 2.45) is 39.6 Å². The average Bonchev–Trinajstić information content (AvgIpc) is 3.02. The van der Waals surface area contributed by atoms with Gasteiger partial charge >= 0.3 is 17.9 Å². The van der Waals surface area contributed by atoms with E-state index in [1.165, 1.54) is 20.8 Å². The molecular weight excluding hydrogens is 450 g/mol. The lowest BCUT2D eigenvalue weighted by molar-refractivity contribution is -0.161. The first kappa shape index (κ1) is 27.1. The van der Waals surface area contributed by atoms with Crippen molar-refractivity contribution in [1.29, 1.82) is 0 Å². The molecule has 0 bridgehead atoms. The number of azide groups is 1. The van der Waals surface area contributed by atoms with Gasteiger partial charge in [-0.15, -0.1) is 0 Å². The molecule has 3 saturated carbocycles. The maximum Gasteiger partial charge on any atom is 0.303 e. The third kappa shape index (κ3) is 5.50. The summed E-state index contributed by atoms with van der Waals surface area (Å²) in [4.78, 5) is 38.1. The highest BCUT2D eigenvalue weighted by Crippen LogP contribution is 2.64. The lowest BCUT2D eigenvalue weighted by Crippen LogP contribution is -2.52. The SMILES string of the molecule is C=C1[C@@H](OC(C)=O)C[C@H]2[C@H](CN=[N+]=[N-])[C@@H]([C@@]3(C)CC[C@H](OC(C)=O)C[C@@H]3COC(C)=O)CC[C@]12C. The third-order valence-electron chi connectivity index (χ3n) is 9.23. The van der Waals surface area contributed by atoms with Crippen molar-refractivity contribution < 1.29 is 28.6 Å². The van der Waals surface area contributed by atoms with E-state index in [-0.39, 0.29) is 71.2 Å². The van der Waals surface area contributed by atoms with Crippen molar-refractivity contribution in [3.63, 3.8) is 0 Å². The number of fused-ring (bicyclic) bond motifs is 1. The molecule has 194 valence electrons. The third-order valence-corrected chi connectivity index (χ3v) is 9.23. The zero-order chi connectivity index (χ0) is 26.0. The fourth-order valence-electron chi connectivity index (χ4n) is 7.39. The van der Waals surface area contributed by atoms with Crippen LogP contribution >= 0.6 is 0 Å². The molecule has 8 atom stereocenters. The summed E-state index contributed by atoms with van der Waals surface area (Å²) in [6.45, 7) is 13.6. The van der Waals surface area contributed by atoms with Gasteiger partial charge in [-0.05, 0) is 78.2 Å². The summed E-state index contributed by atoms with van der Waals surface area (Å²) >= 11 is 0. The first-order valence-corrected chi connectivity index (χ1v) is 12.6. The molecule has 35 heavy (non-hydrogen) atoms. The number of ether oxygens (including phenoxy) is 3. The highest BCUT2D eigenvalue weighted by atomic mass is 16.5. The Balaban J connectivity index is 1.94. The first-order chi connectivity index (χ1) is 16.4. The zero-order valence-electron chi connectivity index (χ0n) is 21.6. The molecule has 0 spiro atoms. The van der Waals surface area contributed by atoms with Crippen LogP contribution in [0.5, 0.6) is 0 Å². The number of esters is 3. The van der Waals surface area contributed by atoms with Crippen molar-refractivity contribution in [2.45, 2.75) is 85.4 Å². The number of rotatable bonds is 7. The fourth-order valence-corrected chi connectivity index (χ4v) is 7.39. The monoisotopic (exact) mass is 489 g/mol. The Labute approximate surface area is 207 Å².